The molecule has 5 nitrogen and oxygen atoms in total. The maximum Gasteiger partial charge on any atom is 0.410 e. The fourth-order valence-corrected chi connectivity index (χ4v) is 2.85. The van der Waals surface area contributed by atoms with Crippen LogP contribution in [-0.4, -0.2) is 40.7 Å². The van der Waals surface area contributed by atoms with Crippen molar-refractivity contribution < 1.29 is 9.53 Å². The van der Waals surface area contributed by atoms with Gasteiger partial charge < -0.3 is 15.0 Å². The summed E-state index contributed by atoms with van der Waals surface area (Å²) in [5.41, 5.74) is 2.02. The lowest BCUT2D eigenvalue weighted by Gasteiger charge is -2.30. The van der Waals surface area contributed by atoms with Crippen LogP contribution < -0.4 is 5.32 Å². The summed E-state index contributed by atoms with van der Waals surface area (Å²) in [7, 11) is 0. The molecule has 1 aliphatic carbocycles. The zero-order chi connectivity index (χ0) is 17.0. The van der Waals surface area contributed by atoms with E-state index in [0.29, 0.717) is 12.6 Å². The summed E-state index contributed by atoms with van der Waals surface area (Å²) >= 11 is 0. The van der Waals surface area contributed by atoms with Crippen molar-refractivity contribution >= 4 is 6.09 Å². The Morgan fingerprint density at radius 2 is 2.22 bits per heavy atom. The number of carbonyl (C=O) groups excluding carboxylic acids is 1. The van der Waals surface area contributed by atoms with Crippen LogP contribution in [0.4, 0.5) is 4.79 Å². The number of ether oxygens (including phenoxy) is 1. The number of aryl methyl sites for hydroxylation is 1. The minimum atomic E-state index is -0.466. The van der Waals surface area contributed by atoms with Gasteiger partial charge in [0.25, 0.3) is 0 Å². The van der Waals surface area contributed by atoms with Gasteiger partial charge in [0, 0.05) is 25.3 Å². The standard InChI is InChI=1S/C18H29N3O2/c1-13(2)21(17(22)23-18(3,4)5)12-11-19-15-9-8-14-7-6-10-20-16(14)15/h6-7,10,13,15,19H,8-9,11-12H2,1-5H3. The van der Waals surface area contributed by atoms with E-state index in [2.05, 4.69) is 16.4 Å². The van der Waals surface area contributed by atoms with E-state index in [4.69, 9.17) is 4.74 Å². The summed E-state index contributed by atoms with van der Waals surface area (Å²) in [6.07, 6.45) is 3.74. The summed E-state index contributed by atoms with van der Waals surface area (Å²) < 4.78 is 5.49. The molecular weight excluding hydrogens is 290 g/mol. The van der Waals surface area contributed by atoms with E-state index in [-0.39, 0.29) is 12.1 Å². The van der Waals surface area contributed by atoms with Crippen LogP contribution in [0.25, 0.3) is 0 Å². The Morgan fingerprint density at radius 3 is 2.87 bits per heavy atom. The monoisotopic (exact) mass is 319 g/mol. The van der Waals surface area contributed by atoms with Gasteiger partial charge in [-0.2, -0.15) is 0 Å². The van der Waals surface area contributed by atoms with Crippen molar-refractivity contribution in [3.8, 4) is 0 Å². The Labute approximate surface area is 139 Å². The quantitative estimate of drug-likeness (QED) is 0.904. The lowest BCUT2D eigenvalue weighted by Crippen LogP contribution is -2.44. The zero-order valence-corrected chi connectivity index (χ0v) is 14.9. The van der Waals surface area contributed by atoms with Crippen molar-refractivity contribution in [1.82, 2.24) is 15.2 Å². The number of nitrogens with zero attached hydrogens (tertiary/aromatic N) is 2. The molecule has 1 N–H and O–H groups in total. The molecule has 0 radical (unpaired) electrons. The van der Waals surface area contributed by atoms with Gasteiger partial charge >= 0.3 is 6.09 Å². The minimum absolute atomic E-state index is 0.112. The predicted molar refractivity (Wildman–Crippen MR) is 91.4 cm³/mol. The Morgan fingerprint density at radius 1 is 1.48 bits per heavy atom. The third-order valence-corrected chi connectivity index (χ3v) is 3.95. The molecule has 0 saturated carbocycles. The maximum atomic E-state index is 12.3. The highest BCUT2D eigenvalue weighted by Crippen LogP contribution is 2.28. The Hall–Kier alpha value is -1.62. The number of rotatable bonds is 5. The molecule has 0 aromatic carbocycles. The molecule has 1 atom stereocenters. The summed E-state index contributed by atoms with van der Waals surface area (Å²) in [6.45, 7) is 11.1. The molecule has 1 aliphatic rings. The Balaban J connectivity index is 1.87. The van der Waals surface area contributed by atoms with E-state index in [9.17, 15) is 4.79 Å². The number of hydrogen-bond donors (Lipinski definition) is 1. The molecule has 128 valence electrons. The smallest absolute Gasteiger partial charge is 0.410 e. The molecule has 2 rings (SSSR count). The minimum Gasteiger partial charge on any atom is -0.444 e. The van der Waals surface area contributed by atoms with Crippen molar-refractivity contribution in [2.75, 3.05) is 13.1 Å². The van der Waals surface area contributed by atoms with Crippen molar-refractivity contribution in [3.63, 3.8) is 0 Å². The van der Waals surface area contributed by atoms with Gasteiger partial charge in [-0.15, -0.1) is 0 Å². The van der Waals surface area contributed by atoms with Gasteiger partial charge in [-0.1, -0.05) is 6.07 Å². The van der Waals surface area contributed by atoms with Crippen LogP contribution in [-0.2, 0) is 11.2 Å². The van der Waals surface area contributed by atoms with E-state index in [1.54, 1.807) is 4.90 Å². The van der Waals surface area contributed by atoms with Gasteiger partial charge in [0.05, 0.1) is 11.7 Å². The van der Waals surface area contributed by atoms with Crippen LogP contribution in [0.15, 0.2) is 18.3 Å². The highest BCUT2D eigenvalue weighted by Gasteiger charge is 2.26. The van der Waals surface area contributed by atoms with E-state index in [1.165, 1.54) is 5.56 Å². The van der Waals surface area contributed by atoms with Gasteiger partial charge in [0.1, 0.15) is 5.60 Å². The normalized spacial score (nSPS) is 17.2. The second-order valence-corrected chi connectivity index (χ2v) is 7.36. The fourth-order valence-electron chi connectivity index (χ4n) is 2.85. The largest absolute Gasteiger partial charge is 0.444 e. The second kappa shape index (κ2) is 7.30. The molecule has 1 heterocycles. The summed E-state index contributed by atoms with van der Waals surface area (Å²) in [6, 6.07) is 4.54. The average Bonchev–Trinajstić information content (AvgIpc) is 2.84. The maximum absolute atomic E-state index is 12.3. The van der Waals surface area contributed by atoms with Crippen LogP contribution in [0.5, 0.6) is 0 Å². The molecular formula is C18H29N3O2. The summed E-state index contributed by atoms with van der Waals surface area (Å²) in [5.74, 6) is 0. The molecule has 1 amide bonds. The Bertz CT molecular complexity index is 537. The lowest BCUT2D eigenvalue weighted by molar-refractivity contribution is 0.0192. The first-order chi connectivity index (χ1) is 10.8. The molecule has 1 unspecified atom stereocenters. The first-order valence-electron chi connectivity index (χ1n) is 8.44. The van der Waals surface area contributed by atoms with Gasteiger partial charge in [-0.05, 0) is 59.1 Å². The molecule has 1 aromatic rings. The van der Waals surface area contributed by atoms with E-state index < -0.39 is 5.60 Å². The van der Waals surface area contributed by atoms with Gasteiger partial charge in [-0.3, -0.25) is 4.98 Å². The van der Waals surface area contributed by atoms with Crippen LogP contribution in [0.3, 0.4) is 0 Å². The first kappa shape index (κ1) is 17.7. The average molecular weight is 319 g/mol. The Kier molecular flexibility index (Phi) is 5.63. The highest BCUT2D eigenvalue weighted by atomic mass is 16.6. The summed E-state index contributed by atoms with van der Waals surface area (Å²) in [4.78, 5) is 18.5. The van der Waals surface area contributed by atoms with Crippen molar-refractivity contribution in [2.24, 2.45) is 0 Å². The van der Waals surface area contributed by atoms with E-state index >= 15 is 0 Å². The number of amides is 1. The number of nitrogens with one attached hydrogen (secondary N) is 1. The van der Waals surface area contributed by atoms with Crippen molar-refractivity contribution in [3.05, 3.63) is 29.6 Å². The topological polar surface area (TPSA) is 54.5 Å². The second-order valence-electron chi connectivity index (χ2n) is 7.36. The molecule has 0 bridgehead atoms. The first-order valence-corrected chi connectivity index (χ1v) is 8.44. The molecule has 0 saturated heterocycles. The van der Waals surface area contributed by atoms with Crippen molar-refractivity contribution in [1.29, 1.82) is 0 Å². The third kappa shape index (κ3) is 4.93. The van der Waals surface area contributed by atoms with Crippen LogP contribution in [0, 0.1) is 0 Å². The highest BCUT2D eigenvalue weighted by molar-refractivity contribution is 5.68. The molecule has 0 spiro atoms. The summed E-state index contributed by atoms with van der Waals surface area (Å²) in [5, 5.41) is 3.53. The zero-order valence-electron chi connectivity index (χ0n) is 14.9. The van der Waals surface area contributed by atoms with Gasteiger partial charge in [-0.25, -0.2) is 4.79 Å². The number of pyridine rings is 1. The SMILES string of the molecule is CC(C)N(CCNC1CCc2cccnc21)C(=O)OC(C)(C)C. The molecule has 1 aromatic heterocycles. The molecule has 0 aliphatic heterocycles. The third-order valence-electron chi connectivity index (χ3n) is 3.95. The van der Waals surface area contributed by atoms with Gasteiger partial charge in [0.15, 0.2) is 0 Å². The molecule has 5 heteroatoms. The van der Waals surface area contributed by atoms with Crippen LogP contribution in [0.2, 0.25) is 0 Å². The number of hydrogen-bond acceptors (Lipinski definition) is 4. The lowest BCUT2D eigenvalue weighted by atomic mass is 10.2. The number of carbonyl (C=O) groups is 1. The number of fused-ring (bicyclic) bond motifs is 1. The van der Waals surface area contributed by atoms with Gasteiger partial charge in [0.2, 0.25) is 0 Å². The molecule has 23 heavy (non-hydrogen) atoms. The van der Waals surface area contributed by atoms with E-state index in [0.717, 1.165) is 25.1 Å². The predicted octanol–water partition coefficient (Wildman–Crippen LogP) is 3.30. The van der Waals surface area contributed by atoms with E-state index in [1.807, 2.05) is 46.9 Å². The number of aromatic nitrogens is 1. The molecule has 0 fully saturated rings. The van der Waals surface area contributed by atoms with Crippen molar-refractivity contribution in [2.45, 2.75) is 65.1 Å². The fraction of sp³-hybridized carbons (Fsp3) is 0.667. The van der Waals surface area contributed by atoms with Crippen LogP contribution in [0.1, 0.15) is 58.3 Å². The van der Waals surface area contributed by atoms with Crippen LogP contribution >= 0.6 is 0 Å².